The number of nitrogens with one attached hydrogen (secondary N) is 7. The molecule has 240 valence electrons. The molecule has 20 nitrogen and oxygen atoms in total. The molecule has 0 radical (unpaired) electrons. The third-order valence-electron chi connectivity index (χ3n) is 6.03. The van der Waals surface area contributed by atoms with E-state index in [1.807, 2.05) is 0 Å². The Labute approximate surface area is 242 Å². The van der Waals surface area contributed by atoms with Gasteiger partial charge in [-0.2, -0.15) is 0 Å². The van der Waals surface area contributed by atoms with Crippen molar-refractivity contribution >= 4 is 35.4 Å². The maximum Gasteiger partial charge on any atom is 0.258 e. The second-order valence-corrected chi connectivity index (χ2v) is 9.48. The third-order valence-corrected chi connectivity index (χ3v) is 6.03. The summed E-state index contributed by atoms with van der Waals surface area (Å²) in [6.07, 6.45) is -6.33. The van der Waals surface area contributed by atoms with Gasteiger partial charge in [0.25, 0.3) is 11.8 Å². The minimum Gasteiger partial charge on any atom is -0.375 e. The molecule has 20 heteroatoms. The van der Waals surface area contributed by atoms with E-state index in [4.69, 9.17) is 34.4 Å². The van der Waals surface area contributed by atoms with E-state index in [-0.39, 0.29) is 58.3 Å². The summed E-state index contributed by atoms with van der Waals surface area (Å²) in [5, 5.41) is 27.1. The molecule has 0 aliphatic carbocycles. The van der Waals surface area contributed by atoms with Gasteiger partial charge in [-0.1, -0.05) is 0 Å². The normalized spacial score (nSPS) is 30.2. The average molecular weight is 604 g/mol. The van der Waals surface area contributed by atoms with E-state index in [0.29, 0.717) is 0 Å². The number of carbonyl (C=O) groups excluding carboxylic acids is 6. The summed E-state index contributed by atoms with van der Waals surface area (Å²) >= 11 is 0. The molecule has 20 N–H and O–H groups in total. The highest BCUT2D eigenvalue weighted by Crippen LogP contribution is 2.00. The van der Waals surface area contributed by atoms with Crippen molar-refractivity contribution in [2.24, 2.45) is 34.4 Å². The number of amides is 6. The van der Waals surface area contributed by atoms with Crippen LogP contribution in [0.25, 0.3) is 0 Å². The molecule has 0 aromatic carbocycles. The second-order valence-electron chi connectivity index (χ2n) is 9.48. The number of nitrogens with two attached hydrogens (primary N) is 6. The molecular weight excluding hydrogens is 558 g/mol. The van der Waals surface area contributed by atoms with Crippen molar-refractivity contribution in [1.29, 1.82) is 0 Å². The first-order valence-corrected chi connectivity index (χ1v) is 13.4. The zero-order valence-electron chi connectivity index (χ0n) is 23.3. The van der Waals surface area contributed by atoms with E-state index in [1.165, 1.54) is 0 Å². The number of hydrogen-bond donors (Lipinski definition) is 14. The Kier molecular flexibility index (Phi) is 16.4. The molecule has 1 saturated heterocycles. The molecule has 0 aromatic heterocycles. The monoisotopic (exact) mass is 603 g/mol. The van der Waals surface area contributed by atoms with Crippen LogP contribution in [-0.4, -0.2) is 110 Å². The molecule has 7 atom stereocenters. The van der Waals surface area contributed by atoms with Gasteiger partial charge >= 0.3 is 0 Å². The molecule has 1 heterocycles. The molecule has 1 aliphatic heterocycles. The Morgan fingerprint density at radius 3 is 1.64 bits per heavy atom. The lowest BCUT2D eigenvalue weighted by Crippen LogP contribution is -2.64. The Hall–Kier alpha value is -3.50. The summed E-state index contributed by atoms with van der Waals surface area (Å²) in [4.78, 5) is 75.6. The molecule has 1 rings (SSSR count). The molecule has 1 unspecified atom stereocenters. The summed E-state index contributed by atoms with van der Waals surface area (Å²) in [6, 6.07) is -3.52. The van der Waals surface area contributed by atoms with Crippen LogP contribution in [0.4, 0.5) is 0 Å². The average Bonchev–Trinajstić information content (AvgIpc) is 2.93. The topological polar surface area (TPSA) is 363 Å². The van der Waals surface area contributed by atoms with Crippen LogP contribution < -0.4 is 71.6 Å². The number of hydrogen-bond acceptors (Lipinski definition) is 14. The van der Waals surface area contributed by atoms with E-state index < -0.39 is 78.3 Å². The Morgan fingerprint density at radius 2 is 1.10 bits per heavy atom. The highest BCUT2D eigenvalue weighted by molar-refractivity contribution is 5.93. The third kappa shape index (κ3) is 12.6. The van der Waals surface area contributed by atoms with Gasteiger partial charge in [-0.15, -0.1) is 0 Å². The predicted molar refractivity (Wildman–Crippen MR) is 148 cm³/mol. The van der Waals surface area contributed by atoms with Crippen LogP contribution >= 0.6 is 0 Å². The summed E-state index contributed by atoms with van der Waals surface area (Å²) in [5.74, 6) is -4.66. The number of aliphatic hydroxyl groups is 1. The van der Waals surface area contributed by atoms with Gasteiger partial charge in [-0.05, 0) is 45.3 Å². The lowest BCUT2D eigenvalue weighted by Gasteiger charge is -2.28. The van der Waals surface area contributed by atoms with Crippen LogP contribution in [0.15, 0.2) is 0 Å². The zero-order valence-corrected chi connectivity index (χ0v) is 23.3. The maximum absolute atomic E-state index is 13.0. The van der Waals surface area contributed by atoms with Gasteiger partial charge in [-0.3, -0.25) is 34.1 Å². The Balaban J connectivity index is 3.19. The minimum absolute atomic E-state index is 0.00655. The van der Waals surface area contributed by atoms with Crippen LogP contribution in [0.5, 0.6) is 0 Å². The van der Waals surface area contributed by atoms with E-state index in [0.717, 1.165) is 0 Å². The first-order chi connectivity index (χ1) is 19.8. The largest absolute Gasteiger partial charge is 0.375 e. The van der Waals surface area contributed by atoms with Crippen LogP contribution in [0.1, 0.15) is 32.1 Å². The molecule has 0 saturated carbocycles. The molecule has 0 aromatic rings. The van der Waals surface area contributed by atoms with Crippen LogP contribution in [0.3, 0.4) is 0 Å². The lowest BCUT2D eigenvalue weighted by molar-refractivity contribution is -0.133. The highest BCUT2D eigenvalue weighted by atomic mass is 16.3. The first-order valence-electron chi connectivity index (χ1n) is 13.4. The predicted octanol–water partition coefficient (Wildman–Crippen LogP) is -8.61. The fourth-order valence-corrected chi connectivity index (χ4v) is 3.72. The molecule has 42 heavy (non-hydrogen) atoms. The summed E-state index contributed by atoms with van der Waals surface area (Å²) in [7, 11) is 0. The Morgan fingerprint density at radius 1 is 0.619 bits per heavy atom. The van der Waals surface area contributed by atoms with Crippen LogP contribution in [0.2, 0.25) is 0 Å². The molecule has 6 amide bonds. The van der Waals surface area contributed by atoms with Crippen molar-refractivity contribution < 1.29 is 33.9 Å². The summed E-state index contributed by atoms with van der Waals surface area (Å²) < 4.78 is 0. The van der Waals surface area contributed by atoms with Crippen LogP contribution in [0, 0.1) is 0 Å². The quantitative estimate of drug-likeness (QED) is 0.134. The molecule has 0 spiro atoms. The fourth-order valence-electron chi connectivity index (χ4n) is 3.72. The fraction of sp³-hybridized carbons (Fsp3) is 0.727. The molecular formula is C22H45N13O7. The summed E-state index contributed by atoms with van der Waals surface area (Å²) in [5.41, 5.74) is 34.1. The van der Waals surface area contributed by atoms with Crippen LogP contribution in [-0.2, 0) is 28.8 Å². The molecule has 0 bridgehead atoms. The van der Waals surface area contributed by atoms with E-state index in [2.05, 4.69) is 37.2 Å². The van der Waals surface area contributed by atoms with Gasteiger partial charge < -0.3 is 71.4 Å². The SMILES string of the molecule is NCC[C@@H]1NC(=O)CCCNC(=O)[C@H](N)NC(=O)[C@H](CCN)NC(=O)[C@H](CCN)NC(O)[C@H](N)NC(=O)[C@@H](N)NC1=O. The van der Waals surface area contributed by atoms with Gasteiger partial charge in [0.1, 0.15) is 24.5 Å². The first kappa shape index (κ1) is 36.5. The van der Waals surface area contributed by atoms with Crippen molar-refractivity contribution in [3.8, 4) is 0 Å². The smallest absolute Gasteiger partial charge is 0.258 e. The highest BCUT2D eigenvalue weighted by Gasteiger charge is 2.31. The maximum atomic E-state index is 13.0. The van der Waals surface area contributed by atoms with Crippen molar-refractivity contribution in [2.75, 3.05) is 26.2 Å². The van der Waals surface area contributed by atoms with Gasteiger partial charge in [0.2, 0.25) is 23.6 Å². The standard InChI is InChI=1S/C22H45N13O7/c23-6-3-10-18(38)34-16(28)22(42)35-15(27)21(41)32-11(4-7-24)17(37)31-12(5-8-25)19(39)33-14(26)20(40)29-9-1-2-13(36)30-10/h10-12,14-16,21,32,41H,1-9,23-28H2,(H,29,40)(H,30,36)(H,31,37)(H,33,39)(H,34,38)(H,35,42)/t10-,11-,12-,14+,15+,16-,21?/m0/s1. The number of carbonyl (C=O) groups is 6. The van der Waals surface area contributed by atoms with Crippen molar-refractivity contribution in [2.45, 2.75) is 75.0 Å². The van der Waals surface area contributed by atoms with E-state index in [1.54, 1.807) is 0 Å². The van der Waals surface area contributed by atoms with Crippen molar-refractivity contribution in [3.63, 3.8) is 0 Å². The molecule has 1 aliphatic rings. The van der Waals surface area contributed by atoms with Crippen molar-refractivity contribution in [1.82, 2.24) is 37.2 Å². The number of aliphatic hydroxyl groups excluding tert-OH is 1. The van der Waals surface area contributed by atoms with Crippen molar-refractivity contribution in [3.05, 3.63) is 0 Å². The lowest BCUT2D eigenvalue weighted by atomic mass is 10.1. The summed E-state index contributed by atoms with van der Waals surface area (Å²) in [6.45, 7) is -0.00653. The second kappa shape index (κ2) is 18.8. The van der Waals surface area contributed by atoms with Gasteiger partial charge in [-0.25, -0.2) is 0 Å². The van der Waals surface area contributed by atoms with E-state index in [9.17, 15) is 33.9 Å². The van der Waals surface area contributed by atoms with Gasteiger partial charge in [0.15, 0.2) is 12.3 Å². The molecule has 1 fully saturated rings. The number of rotatable bonds is 6. The minimum atomic E-state index is -1.72. The van der Waals surface area contributed by atoms with Gasteiger partial charge in [0, 0.05) is 13.0 Å². The van der Waals surface area contributed by atoms with Gasteiger partial charge in [0.05, 0.1) is 6.04 Å². The Bertz CT molecular complexity index is 940. The zero-order chi connectivity index (χ0) is 31.8. The van der Waals surface area contributed by atoms with E-state index >= 15 is 0 Å².